The van der Waals surface area contributed by atoms with Crippen LogP contribution in [0.4, 0.5) is 0 Å². The Morgan fingerprint density at radius 3 is 2.50 bits per heavy atom. The normalized spacial score (nSPS) is 11.4. The van der Waals surface area contributed by atoms with E-state index in [4.69, 9.17) is 0 Å². The van der Waals surface area contributed by atoms with Crippen molar-refractivity contribution < 1.29 is 4.79 Å². The largest absolute Gasteiger partial charge is 0.292 e. The Morgan fingerprint density at radius 1 is 1.25 bits per heavy atom. The van der Waals surface area contributed by atoms with Gasteiger partial charge < -0.3 is 0 Å². The summed E-state index contributed by atoms with van der Waals surface area (Å²) >= 11 is 5.15. The molecule has 0 unspecified atom stereocenters. The van der Waals surface area contributed by atoms with Crippen LogP contribution < -0.4 is 0 Å². The van der Waals surface area contributed by atoms with Crippen molar-refractivity contribution in [2.75, 3.05) is 5.75 Å². The standard InChI is InChI=1S/C12H18OS3/c1-8(2)14-7-10(13)11-5-6-12(16-11)15-9(3)4/h5-6,8-9H,7H2,1-4H3. The van der Waals surface area contributed by atoms with Crippen molar-refractivity contribution in [3.05, 3.63) is 17.0 Å². The molecule has 16 heavy (non-hydrogen) atoms. The van der Waals surface area contributed by atoms with Gasteiger partial charge >= 0.3 is 0 Å². The van der Waals surface area contributed by atoms with Gasteiger partial charge in [0.25, 0.3) is 0 Å². The van der Waals surface area contributed by atoms with E-state index in [0.29, 0.717) is 16.3 Å². The van der Waals surface area contributed by atoms with Crippen LogP contribution in [0.15, 0.2) is 16.3 Å². The summed E-state index contributed by atoms with van der Waals surface area (Å²) in [5.74, 6) is 0.864. The lowest BCUT2D eigenvalue weighted by Gasteiger charge is -2.02. The summed E-state index contributed by atoms with van der Waals surface area (Å²) in [6.45, 7) is 8.57. The highest BCUT2D eigenvalue weighted by molar-refractivity contribution is 8.01. The maximum absolute atomic E-state index is 11.8. The molecule has 0 saturated carbocycles. The first-order chi connectivity index (χ1) is 7.49. The molecule has 0 aliphatic heterocycles. The van der Waals surface area contributed by atoms with Crippen molar-refractivity contribution in [3.63, 3.8) is 0 Å². The first kappa shape index (κ1) is 14.1. The molecular weight excluding hydrogens is 256 g/mol. The molecule has 1 aromatic rings. The Balaban J connectivity index is 2.53. The van der Waals surface area contributed by atoms with Gasteiger partial charge in [0.15, 0.2) is 5.78 Å². The third-order valence-electron chi connectivity index (χ3n) is 1.76. The molecule has 1 nitrogen and oxygen atoms in total. The molecule has 90 valence electrons. The van der Waals surface area contributed by atoms with Gasteiger partial charge in [-0.1, -0.05) is 27.7 Å². The fourth-order valence-corrected chi connectivity index (χ4v) is 4.14. The third-order valence-corrected chi connectivity index (χ3v) is 5.15. The Hall–Kier alpha value is 0.0700. The van der Waals surface area contributed by atoms with Gasteiger partial charge in [-0.05, 0) is 17.4 Å². The van der Waals surface area contributed by atoms with E-state index in [1.807, 2.05) is 17.8 Å². The number of rotatable bonds is 6. The summed E-state index contributed by atoms with van der Waals surface area (Å²) < 4.78 is 1.24. The van der Waals surface area contributed by atoms with E-state index in [1.54, 1.807) is 23.1 Å². The molecule has 0 spiro atoms. The Bertz CT molecular complexity index is 342. The summed E-state index contributed by atoms with van der Waals surface area (Å²) in [4.78, 5) is 12.7. The zero-order valence-electron chi connectivity index (χ0n) is 10.1. The number of thiophene rings is 1. The Kier molecular flexibility index (Phi) is 5.94. The number of carbonyl (C=O) groups is 1. The molecule has 0 saturated heterocycles. The molecule has 1 rings (SSSR count). The quantitative estimate of drug-likeness (QED) is 0.558. The summed E-state index contributed by atoms with van der Waals surface area (Å²) in [6, 6.07) is 4.02. The predicted octanol–water partition coefficient (Wildman–Crippen LogP) is 4.57. The Morgan fingerprint density at radius 2 is 1.94 bits per heavy atom. The highest BCUT2D eigenvalue weighted by Crippen LogP contribution is 2.31. The van der Waals surface area contributed by atoms with Gasteiger partial charge in [-0.2, -0.15) is 11.8 Å². The van der Waals surface area contributed by atoms with Gasteiger partial charge in [0.1, 0.15) is 0 Å². The fourth-order valence-electron chi connectivity index (χ4n) is 1.08. The van der Waals surface area contributed by atoms with Gasteiger partial charge in [-0.15, -0.1) is 23.1 Å². The van der Waals surface area contributed by atoms with Gasteiger partial charge in [0, 0.05) is 5.25 Å². The molecule has 0 bridgehead atoms. The van der Waals surface area contributed by atoms with Crippen molar-refractivity contribution in [1.82, 2.24) is 0 Å². The number of hydrogen-bond acceptors (Lipinski definition) is 4. The van der Waals surface area contributed by atoms with Gasteiger partial charge in [-0.25, -0.2) is 0 Å². The van der Waals surface area contributed by atoms with E-state index in [1.165, 1.54) is 4.21 Å². The van der Waals surface area contributed by atoms with E-state index in [2.05, 4.69) is 33.8 Å². The smallest absolute Gasteiger partial charge is 0.182 e. The minimum absolute atomic E-state index is 0.263. The van der Waals surface area contributed by atoms with Crippen molar-refractivity contribution in [2.24, 2.45) is 0 Å². The third kappa shape index (κ3) is 4.93. The molecule has 0 amide bonds. The zero-order valence-corrected chi connectivity index (χ0v) is 12.6. The monoisotopic (exact) mass is 274 g/mol. The first-order valence-electron chi connectivity index (χ1n) is 5.40. The minimum atomic E-state index is 0.263. The van der Waals surface area contributed by atoms with Crippen LogP contribution in [0.2, 0.25) is 0 Å². The van der Waals surface area contributed by atoms with Crippen LogP contribution in [0.25, 0.3) is 0 Å². The van der Waals surface area contributed by atoms with Gasteiger partial charge in [0.05, 0.1) is 14.8 Å². The second-order valence-electron chi connectivity index (χ2n) is 4.07. The molecule has 0 N–H and O–H groups in total. The van der Waals surface area contributed by atoms with E-state index < -0.39 is 0 Å². The molecule has 0 atom stereocenters. The van der Waals surface area contributed by atoms with Gasteiger partial charge in [0.2, 0.25) is 0 Å². The molecule has 4 heteroatoms. The van der Waals surface area contributed by atoms with Crippen LogP contribution in [0.1, 0.15) is 37.4 Å². The molecule has 0 fully saturated rings. The highest BCUT2D eigenvalue weighted by Gasteiger charge is 2.11. The fraction of sp³-hybridized carbons (Fsp3) is 0.583. The second-order valence-corrected chi connectivity index (χ2v) is 8.59. The molecule has 1 aromatic heterocycles. The second kappa shape index (κ2) is 6.72. The Labute approximate surface area is 110 Å². The maximum atomic E-state index is 11.8. The zero-order chi connectivity index (χ0) is 12.1. The number of ketones is 1. The van der Waals surface area contributed by atoms with Crippen LogP contribution in [-0.4, -0.2) is 22.0 Å². The number of Topliss-reactive ketones (excluding diaryl/α,β-unsaturated/α-hetero) is 1. The minimum Gasteiger partial charge on any atom is -0.292 e. The summed E-state index contributed by atoms with van der Waals surface area (Å²) in [5.41, 5.74) is 0. The van der Waals surface area contributed by atoms with Crippen LogP contribution in [-0.2, 0) is 0 Å². The van der Waals surface area contributed by atoms with Crippen molar-refractivity contribution in [3.8, 4) is 0 Å². The lowest BCUT2D eigenvalue weighted by atomic mass is 10.4. The van der Waals surface area contributed by atoms with Crippen molar-refractivity contribution >= 4 is 40.6 Å². The van der Waals surface area contributed by atoms with E-state index in [0.717, 1.165) is 4.88 Å². The average molecular weight is 274 g/mol. The SMILES string of the molecule is CC(C)SCC(=O)c1ccc(SC(C)C)s1. The van der Waals surface area contributed by atoms with Crippen LogP contribution >= 0.6 is 34.9 Å². The van der Waals surface area contributed by atoms with Crippen LogP contribution in [0.5, 0.6) is 0 Å². The first-order valence-corrected chi connectivity index (χ1v) is 8.15. The number of hydrogen-bond donors (Lipinski definition) is 0. The van der Waals surface area contributed by atoms with Gasteiger partial charge in [-0.3, -0.25) is 4.79 Å². The highest BCUT2D eigenvalue weighted by atomic mass is 32.2. The summed E-state index contributed by atoms with van der Waals surface area (Å²) in [6.07, 6.45) is 0. The molecule has 0 aliphatic rings. The van der Waals surface area contributed by atoms with Crippen molar-refractivity contribution in [1.29, 1.82) is 0 Å². The predicted molar refractivity (Wildman–Crippen MR) is 77.2 cm³/mol. The molecule has 0 aliphatic carbocycles. The molecule has 1 heterocycles. The van der Waals surface area contributed by atoms with Crippen molar-refractivity contribution in [2.45, 2.75) is 42.4 Å². The molecule has 0 aromatic carbocycles. The molecular formula is C12H18OS3. The van der Waals surface area contributed by atoms with Crippen LogP contribution in [0.3, 0.4) is 0 Å². The lowest BCUT2D eigenvalue weighted by Crippen LogP contribution is -2.02. The number of carbonyl (C=O) groups excluding carboxylic acids is 1. The summed E-state index contributed by atoms with van der Waals surface area (Å²) in [5, 5.41) is 1.10. The van der Waals surface area contributed by atoms with E-state index in [9.17, 15) is 4.79 Å². The topological polar surface area (TPSA) is 17.1 Å². The van der Waals surface area contributed by atoms with Crippen LogP contribution in [0, 0.1) is 0 Å². The number of thioether (sulfide) groups is 2. The summed E-state index contributed by atoms with van der Waals surface area (Å²) in [7, 11) is 0. The maximum Gasteiger partial charge on any atom is 0.182 e. The van der Waals surface area contributed by atoms with E-state index >= 15 is 0 Å². The molecule has 0 radical (unpaired) electrons. The average Bonchev–Trinajstić information content (AvgIpc) is 2.61. The lowest BCUT2D eigenvalue weighted by molar-refractivity contribution is 0.102. The van der Waals surface area contributed by atoms with E-state index in [-0.39, 0.29) is 5.78 Å².